The molecule has 0 aliphatic heterocycles. The van der Waals surface area contributed by atoms with Gasteiger partial charge in [0.25, 0.3) is 10.0 Å². The molecule has 0 aliphatic carbocycles. The second kappa shape index (κ2) is 5.83. The number of rotatable bonds is 4. The number of sulfonamides is 1. The molecule has 0 heterocycles. The summed E-state index contributed by atoms with van der Waals surface area (Å²) in [5, 5.41) is 0. The van der Waals surface area contributed by atoms with Crippen LogP contribution in [0.5, 0.6) is 0 Å². The zero-order valence-electron chi connectivity index (χ0n) is 11.8. The molecule has 112 valence electrons. The summed E-state index contributed by atoms with van der Waals surface area (Å²) in [4.78, 5) is 0.0539. The van der Waals surface area contributed by atoms with Crippen molar-refractivity contribution in [3.05, 3.63) is 59.4 Å². The van der Waals surface area contributed by atoms with E-state index in [1.807, 2.05) is 0 Å². The van der Waals surface area contributed by atoms with E-state index in [9.17, 15) is 12.8 Å². The average Bonchev–Trinajstić information content (AvgIpc) is 2.43. The fourth-order valence-corrected chi connectivity index (χ4v) is 3.00. The second-order valence-electron chi connectivity index (χ2n) is 4.95. The Bertz CT molecular complexity index is 758. The van der Waals surface area contributed by atoms with Gasteiger partial charge < -0.3 is 5.73 Å². The average molecular weight is 308 g/mol. The third kappa shape index (κ3) is 3.59. The minimum Gasteiger partial charge on any atom is -0.324 e. The summed E-state index contributed by atoms with van der Waals surface area (Å²) in [6, 6.07) is 10.3. The zero-order chi connectivity index (χ0) is 15.6. The summed E-state index contributed by atoms with van der Waals surface area (Å²) in [6.07, 6.45) is 0. The van der Waals surface area contributed by atoms with E-state index in [1.165, 1.54) is 24.3 Å². The van der Waals surface area contributed by atoms with Crippen LogP contribution < -0.4 is 10.5 Å². The molecule has 0 saturated carbocycles. The highest BCUT2D eigenvalue weighted by Gasteiger charge is 2.17. The lowest BCUT2D eigenvalue weighted by atomic mass is 10.1. The van der Waals surface area contributed by atoms with Crippen LogP contribution in [0, 0.1) is 12.7 Å². The van der Waals surface area contributed by atoms with Crippen molar-refractivity contribution in [2.75, 3.05) is 4.72 Å². The van der Waals surface area contributed by atoms with Crippen LogP contribution in [0.25, 0.3) is 0 Å². The molecule has 0 fully saturated rings. The number of benzene rings is 2. The molecule has 2 rings (SSSR count). The molecular formula is C15H17FN2O2S. The Kier molecular flexibility index (Phi) is 4.29. The third-order valence-electron chi connectivity index (χ3n) is 3.06. The molecule has 2 aromatic carbocycles. The molecule has 0 radical (unpaired) electrons. The van der Waals surface area contributed by atoms with Gasteiger partial charge in [0.05, 0.1) is 10.6 Å². The Labute approximate surface area is 123 Å². The van der Waals surface area contributed by atoms with Crippen LogP contribution in [0.1, 0.15) is 24.1 Å². The molecule has 0 amide bonds. The maximum Gasteiger partial charge on any atom is 0.261 e. The Balaban J connectivity index is 2.38. The van der Waals surface area contributed by atoms with E-state index < -0.39 is 15.8 Å². The lowest BCUT2D eigenvalue weighted by Crippen LogP contribution is -2.15. The van der Waals surface area contributed by atoms with E-state index in [0.29, 0.717) is 5.56 Å². The van der Waals surface area contributed by atoms with Gasteiger partial charge in [0.2, 0.25) is 0 Å². The van der Waals surface area contributed by atoms with Crippen molar-refractivity contribution >= 4 is 15.7 Å². The van der Waals surface area contributed by atoms with Crippen LogP contribution in [0.15, 0.2) is 47.4 Å². The number of nitrogens with two attached hydrogens (primary N) is 1. The fourth-order valence-electron chi connectivity index (χ4n) is 1.89. The molecule has 3 N–H and O–H groups in total. The first-order valence-electron chi connectivity index (χ1n) is 6.44. The van der Waals surface area contributed by atoms with Crippen molar-refractivity contribution in [2.24, 2.45) is 5.73 Å². The van der Waals surface area contributed by atoms with Gasteiger partial charge in [-0.2, -0.15) is 0 Å². The Morgan fingerprint density at radius 2 is 1.90 bits per heavy atom. The van der Waals surface area contributed by atoms with Crippen LogP contribution in [0.3, 0.4) is 0 Å². The lowest BCUT2D eigenvalue weighted by molar-refractivity contribution is 0.598. The van der Waals surface area contributed by atoms with Gasteiger partial charge in [0.1, 0.15) is 5.82 Å². The fraction of sp³-hybridized carbons (Fsp3) is 0.200. The van der Waals surface area contributed by atoms with E-state index in [-0.39, 0.29) is 16.6 Å². The van der Waals surface area contributed by atoms with Gasteiger partial charge >= 0.3 is 0 Å². The standard InChI is InChI=1S/C15H17FN2O2S/c1-10-6-7-14(16)15(8-10)18-21(19,20)13-5-3-4-12(9-13)11(2)17/h3-9,11,18H,17H2,1-2H3. The molecule has 1 atom stereocenters. The first kappa shape index (κ1) is 15.5. The predicted molar refractivity (Wildman–Crippen MR) is 81.0 cm³/mol. The van der Waals surface area contributed by atoms with Gasteiger partial charge in [-0.3, -0.25) is 4.72 Å². The maximum absolute atomic E-state index is 13.7. The van der Waals surface area contributed by atoms with E-state index in [0.717, 1.165) is 5.56 Å². The molecule has 0 saturated heterocycles. The molecule has 0 aliphatic rings. The van der Waals surface area contributed by atoms with E-state index in [4.69, 9.17) is 5.73 Å². The van der Waals surface area contributed by atoms with Gasteiger partial charge in [0, 0.05) is 6.04 Å². The normalized spacial score (nSPS) is 13.0. The molecule has 0 spiro atoms. The van der Waals surface area contributed by atoms with Crippen molar-refractivity contribution in [1.29, 1.82) is 0 Å². The van der Waals surface area contributed by atoms with Crippen LogP contribution in [-0.4, -0.2) is 8.42 Å². The van der Waals surface area contributed by atoms with Gasteiger partial charge in [0.15, 0.2) is 0 Å². The van der Waals surface area contributed by atoms with Crippen molar-refractivity contribution in [2.45, 2.75) is 24.8 Å². The minimum atomic E-state index is -3.85. The van der Waals surface area contributed by atoms with Gasteiger partial charge in [-0.15, -0.1) is 0 Å². The van der Waals surface area contributed by atoms with Crippen molar-refractivity contribution in [3.8, 4) is 0 Å². The maximum atomic E-state index is 13.7. The Hall–Kier alpha value is -1.92. The molecule has 21 heavy (non-hydrogen) atoms. The SMILES string of the molecule is Cc1ccc(F)c(NS(=O)(=O)c2cccc(C(C)N)c2)c1. The highest BCUT2D eigenvalue weighted by Crippen LogP contribution is 2.22. The first-order valence-corrected chi connectivity index (χ1v) is 7.92. The van der Waals surface area contributed by atoms with E-state index in [2.05, 4.69) is 4.72 Å². The summed E-state index contributed by atoms with van der Waals surface area (Å²) in [5.74, 6) is -0.618. The monoisotopic (exact) mass is 308 g/mol. The highest BCUT2D eigenvalue weighted by atomic mass is 32.2. The molecule has 4 nitrogen and oxygen atoms in total. The molecule has 6 heteroatoms. The molecular weight excluding hydrogens is 291 g/mol. The second-order valence-corrected chi connectivity index (χ2v) is 6.63. The number of anilines is 1. The number of hydrogen-bond acceptors (Lipinski definition) is 3. The summed E-state index contributed by atoms with van der Waals surface area (Å²) in [6.45, 7) is 3.52. The summed E-state index contributed by atoms with van der Waals surface area (Å²) < 4.78 is 40.6. The van der Waals surface area contributed by atoms with Gasteiger partial charge in [-0.1, -0.05) is 18.2 Å². The summed E-state index contributed by atoms with van der Waals surface area (Å²) in [5.41, 5.74) is 7.14. The van der Waals surface area contributed by atoms with Crippen LogP contribution in [0.2, 0.25) is 0 Å². The van der Waals surface area contributed by atoms with Crippen LogP contribution in [0.4, 0.5) is 10.1 Å². The van der Waals surface area contributed by atoms with Gasteiger partial charge in [-0.25, -0.2) is 12.8 Å². The van der Waals surface area contributed by atoms with Gasteiger partial charge in [-0.05, 0) is 49.2 Å². The topological polar surface area (TPSA) is 72.2 Å². The molecule has 0 bridgehead atoms. The first-order chi connectivity index (χ1) is 9.79. The summed E-state index contributed by atoms with van der Waals surface area (Å²) >= 11 is 0. The van der Waals surface area contributed by atoms with E-state index in [1.54, 1.807) is 32.0 Å². The molecule has 2 aromatic rings. The lowest BCUT2D eigenvalue weighted by Gasteiger charge is -2.12. The predicted octanol–water partition coefficient (Wildman–Crippen LogP) is 2.95. The largest absolute Gasteiger partial charge is 0.324 e. The van der Waals surface area contributed by atoms with Crippen molar-refractivity contribution < 1.29 is 12.8 Å². The molecule has 1 unspecified atom stereocenters. The van der Waals surface area contributed by atoms with Crippen molar-refractivity contribution in [3.63, 3.8) is 0 Å². The number of halogens is 1. The third-order valence-corrected chi connectivity index (χ3v) is 4.42. The minimum absolute atomic E-state index is 0.0539. The highest BCUT2D eigenvalue weighted by molar-refractivity contribution is 7.92. The Morgan fingerprint density at radius 1 is 1.19 bits per heavy atom. The van der Waals surface area contributed by atoms with E-state index >= 15 is 0 Å². The quantitative estimate of drug-likeness (QED) is 0.912. The van der Waals surface area contributed by atoms with Crippen LogP contribution in [-0.2, 0) is 10.0 Å². The number of aryl methyl sites for hydroxylation is 1. The Morgan fingerprint density at radius 3 is 2.57 bits per heavy atom. The van der Waals surface area contributed by atoms with Crippen molar-refractivity contribution in [1.82, 2.24) is 0 Å². The summed E-state index contributed by atoms with van der Waals surface area (Å²) in [7, 11) is -3.85. The smallest absolute Gasteiger partial charge is 0.261 e. The zero-order valence-corrected chi connectivity index (χ0v) is 12.6. The van der Waals surface area contributed by atoms with Crippen LogP contribution >= 0.6 is 0 Å². The molecule has 0 aromatic heterocycles. The number of nitrogens with one attached hydrogen (secondary N) is 1. The number of hydrogen-bond donors (Lipinski definition) is 2.